The molecule has 42 heavy (non-hydrogen) atoms. The largest absolute Gasteiger partial charge is 0.482 e. The third-order valence-corrected chi connectivity index (χ3v) is 10.3. The van der Waals surface area contributed by atoms with Crippen LogP contribution in [0.4, 0.5) is 10.1 Å². The zero-order valence-electron chi connectivity index (χ0n) is 23.3. The molecule has 0 aromatic heterocycles. The molecular weight excluding hydrogens is 553 g/mol. The van der Waals surface area contributed by atoms with Gasteiger partial charge in [-0.1, -0.05) is 67.8 Å². The van der Waals surface area contributed by atoms with Gasteiger partial charge in [-0.2, -0.15) is 0 Å². The highest BCUT2D eigenvalue weighted by Crippen LogP contribution is 2.52. The average molecular weight is 586 g/mol. The van der Waals surface area contributed by atoms with Gasteiger partial charge in [0.1, 0.15) is 11.6 Å². The van der Waals surface area contributed by atoms with Gasteiger partial charge < -0.3 is 9.84 Å². The first-order chi connectivity index (χ1) is 20.2. The summed E-state index contributed by atoms with van der Waals surface area (Å²) in [6.45, 7) is 1.55. The summed E-state index contributed by atoms with van der Waals surface area (Å²) < 4.78 is 50.2. The highest BCUT2D eigenvalue weighted by atomic mass is 32.2. The van der Waals surface area contributed by atoms with Gasteiger partial charge in [0.25, 0.3) is 10.0 Å². The molecule has 1 fully saturated rings. The molecule has 0 unspecified atom stereocenters. The highest BCUT2D eigenvalue weighted by molar-refractivity contribution is 7.92. The molecule has 1 heterocycles. The van der Waals surface area contributed by atoms with Crippen molar-refractivity contribution in [3.8, 4) is 28.0 Å². The molecule has 0 bridgehead atoms. The number of ether oxygens (including phenoxy) is 1. The van der Waals surface area contributed by atoms with E-state index in [1.165, 1.54) is 22.5 Å². The van der Waals surface area contributed by atoms with Crippen LogP contribution in [0.2, 0.25) is 0 Å². The number of carboxylic acid groups (broad SMARTS) is 1. The molecule has 1 spiro atoms. The lowest BCUT2D eigenvalue weighted by molar-refractivity contribution is -0.139. The Bertz CT molecular complexity index is 1760. The van der Waals surface area contributed by atoms with Crippen LogP contribution in [-0.2, 0) is 20.2 Å². The fourth-order valence-electron chi connectivity index (χ4n) is 6.43. The molecule has 0 atom stereocenters. The number of hydrogen-bond acceptors (Lipinski definition) is 4. The van der Waals surface area contributed by atoms with E-state index in [4.69, 9.17) is 9.84 Å². The van der Waals surface area contributed by atoms with Gasteiger partial charge in [0, 0.05) is 17.5 Å². The number of rotatable bonds is 7. The van der Waals surface area contributed by atoms with Gasteiger partial charge in [0.2, 0.25) is 0 Å². The molecule has 4 aromatic rings. The Kier molecular flexibility index (Phi) is 7.27. The van der Waals surface area contributed by atoms with Crippen molar-refractivity contribution in [2.45, 2.75) is 49.3 Å². The summed E-state index contributed by atoms with van der Waals surface area (Å²) in [5.41, 5.74) is 4.84. The number of benzene rings is 4. The van der Waals surface area contributed by atoms with Crippen LogP contribution in [0.15, 0.2) is 89.8 Å². The first-order valence-electron chi connectivity index (χ1n) is 14.2. The number of anilines is 1. The lowest BCUT2D eigenvalue weighted by atomic mass is 9.70. The molecular formula is C34H32FNO5S. The standard InChI is InChI=1S/C34H32FNO5S/c1-23-18-27(12-15-32(23)41-21-33(37)38)42(39,40)36-22-34(16-6-3-7-17-34)29-19-25(11-14-31(29)36)26-10-13-28(30(35)20-26)24-8-4-2-5-9-24/h2,4-5,8-15,18-20H,3,6-7,16-17,21-22H2,1H3,(H,37,38). The molecule has 216 valence electrons. The molecule has 2 aliphatic rings. The predicted molar refractivity (Wildman–Crippen MR) is 161 cm³/mol. The summed E-state index contributed by atoms with van der Waals surface area (Å²) >= 11 is 0. The third-order valence-electron chi connectivity index (χ3n) is 8.57. The Balaban J connectivity index is 1.37. The van der Waals surface area contributed by atoms with E-state index >= 15 is 4.39 Å². The van der Waals surface area contributed by atoms with Crippen LogP contribution in [0.1, 0.15) is 43.2 Å². The van der Waals surface area contributed by atoms with Crippen molar-refractivity contribution in [1.29, 1.82) is 0 Å². The normalized spacial score (nSPS) is 15.9. The summed E-state index contributed by atoms with van der Waals surface area (Å²) in [7, 11) is -3.92. The number of aliphatic carboxylic acids is 1. The number of carbonyl (C=O) groups is 1. The maximum atomic E-state index is 15.3. The van der Waals surface area contributed by atoms with E-state index in [0.29, 0.717) is 29.1 Å². The Morgan fingerprint density at radius 1 is 0.905 bits per heavy atom. The van der Waals surface area contributed by atoms with Crippen LogP contribution in [0, 0.1) is 12.7 Å². The number of aryl methyl sites for hydroxylation is 1. The number of halogens is 1. The van der Waals surface area contributed by atoms with E-state index in [1.54, 1.807) is 19.1 Å². The Morgan fingerprint density at radius 2 is 1.62 bits per heavy atom. The second-order valence-corrected chi connectivity index (χ2v) is 13.1. The predicted octanol–water partition coefficient (Wildman–Crippen LogP) is 7.34. The van der Waals surface area contributed by atoms with E-state index in [-0.39, 0.29) is 16.1 Å². The van der Waals surface area contributed by atoms with Crippen LogP contribution in [0.25, 0.3) is 22.3 Å². The molecule has 0 amide bonds. The number of fused-ring (bicyclic) bond motifs is 2. The first-order valence-corrected chi connectivity index (χ1v) is 15.6. The minimum Gasteiger partial charge on any atom is -0.482 e. The SMILES string of the molecule is Cc1cc(S(=O)(=O)N2CC3(CCCCC3)c3cc(-c4ccc(-c5ccccc5)c(F)c4)ccc32)ccc1OCC(=O)O. The van der Waals surface area contributed by atoms with Crippen molar-refractivity contribution in [2.75, 3.05) is 17.5 Å². The van der Waals surface area contributed by atoms with Gasteiger partial charge in [0.05, 0.1) is 10.6 Å². The maximum absolute atomic E-state index is 15.3. The molecule has 1 N–H and O–H groups in total. The quantitative estimate of drug-likeness (QED) is 0.245. The molecule has 0 radical (unpaired) electrons. The Morgan fingerprint density at radius 3 is 2.31 bits per heavy atom. The third kappa shape index (κ3) is 5.04. The van der Waals surface area contributed by atoms with Gasteiger partial charge >= 0.3 is 5.97 Å². The maximum Gasteiger partial charge on any atom is 0.341 e. The Labute approximate surface area is 245 Å². The van der Waals surface area contributed by atoms with E-state index in [2.05, 4.69) is 6.07 Å². The molecule has 4 aromatic carbocycles. The lowest BCUT2D eigenvalue weighted by Gasteiger charge is -2.34. The summed E-state index contributed by atoms with van der Waals surface area (Å²) in [6.07, 6.45) is 4.93. The fraction of sp³-hybridized carbons (Fsp3) is 0.265. The van der Waals surface area contributed by atoms with Crippen LogP contribution < -0.4 is 9.04 Å². The van der Waals surface area contributed by atoms with E-state index in [0.717, 1.165) is 54.4 Å². The van der Waals surface area contributed by atoms with E-state index in [1.807, 2.05) is 48.5 Å². The summed E-state index contributed by atoms with van der Waals surface area (Å²) in [5, 5.41) is 8.93. The minimum atomic E-state index is -3.92. The summed E-state index contributed by atoms with van der Waals surface area (Å²) in [6, 6.07) is 25.0. The number of sulfonamides is 1. The number of hydrogen-bond donors (Lipinski definition) is 1. The second-order valence-electron chi connectivity index (χ2n) is 11.3. The molecule has 1 saturated carbocycles. The van der Waals surface area contributed by atoms with Gasteiger partial charge in [-0.3, -0.25) is 4.31 Å². The Hall–Kier alpha value is -4.17. The minimum absolute atomic E-state index is 0.129. The molecule has 8 heteroatoms. The smallest absolute Gasteiger partial charge is 0.341 e. The van der Waals surface area contributed by atoms with Crippen molar-refractivity contribution in [3.05, 3.63) is 102 Å². The molecule has 0 saturated heterocycles. The summed E-state index contributed by atoms with van der Waals surface area (Å²) in [4.78, 5) is 11.0. The lowest BCUT2D eigenvalue weighted by Crippen LogP contribution is -2.38. The van der Waals surface area contributed by atoms with Gasteiger partial charge in [-0.05, 0) is 84.0 Å². The van der Waals surface area contributed by atoms with E-state index < -0.39 is 22.6 Å². The fourth-order valence-corrected chi connectivity index (χ4v) is 8.09. The zero-order chi connectivity index (χ0) is 29.5. The van der Waals surface area contributed by atoms with Gasteiger partial charge in [0.15, 0.2) is 6.61 Å². The molecule has 1 aliphatic heterocycles. The summed E-state index contributed by atoms with van der Waals surface area (Å²) in [5.74, 6) is -1.08. The van der Waals surface area contributed by atoms with Gasteiger partial charge in [-0.15, -0.1) is 0 Å². The highest BCUT2D eigenvalue weighted by Gasteiger charge is 2.47. The van der Waals surface area contributed by atoms with Crippen LogP contribution in [-0.4, -0.2) is 32.6 Å². The first kappa shape index (κ1) is 28.0. The van der Waals surface area contributed by atoms with Crippen molar-refractivity contribution < 1.29 is 27.4 Å². The molecule has 6 rings (SSSR count). The van der Waals surface area contributed by atoms with Crippen molar-refractivity contribution in [3.63, 3.8) is 0 Å². The number of carboxylic acids is 1. The second kappa shape index (κ2) is 10.9. The van der Waals surface area contributed by atoms with Gasteiger partial charge in [-0.25, -0.2) is 17.6 Å². The van der Waals surface area contributed by atoms with E-state index in [9.17, 15) is 13.2 Å². The topological polar surface area (TPSA) is 83.9 Å². The van der Waals surface area contributed by atoms with Crippen molar-refractivity contribution in [2.24, 2.45) is 0 Å². The average Bonchev–Trinajstić information content (AvgIpc) is 3.30. The monoisotopic (exact) mass is 585 g/mol. The van der Waals surface area contributed by atoms with Crippen molar-refractivity contribution in [1.82, 2.24) is 0 Å². The van der Waals surface area contributed by atoms with Crippen molar-refractivity contribution >= 4 is 21.7 Å². The number of nitrogens with zero attached hydrogens (tertiary/aromatic N) is 1. The van der Waals surface area contributed by atoms with Crippen LogP contribution in [0.5, 0.6) is 5.75 Å². The molecule has 1 aliphatic carbocycles. The van der Waals surface area contributed by atoms with Crippen LogP contribution in [0.3, 0.4) is 0 Å². The van der Waals surface area contributed by atoms with Crippen LogP contribution >= 0.6 is 0 Å². The zero-order valence-corrected chi connectivity index (χ0v) is 24.2. The molecule has 6 nitrogen and oxygen atoms in total.